The summed E-state index contributed by atoms with van der Waals surface area (Å²) in [6.07, 6.45) is -2.13. The van der Waals surface area contributed by atoms with Crippen molar-refractivity contribution in [3.8, 4) is 0 Å². The van der Waals surface area contributed by atoms with Gasteiger partial charge in [0.05, 0.1) is 0 Å². The molecular weight excluding hydrogens is 313 g/mol. The quantitative estimate of drug-likeness (QED) is 0.692. The van der Waals surface area contributed by atoms with Crippen LogP contribution in [0.2, 0.25) is 0 Å². The van der Waals surface area contributed by atoms with Crippen LogP contribution in [0.4, 0.5) is 19.0 Å². The summed E-state index contributed by atoms with van der Waals surface area (Å²) in [4.78, 5) is 11.3. The van der Waals surface area contributed by atoms with Crippen molar-refractivity contribution < 1.29 is 13.2 Å². The molecule has 2 N–H and O–H groups in total. The number of rotatable bonds is 5. The van der Waals surface area contributed by atoms with Gasteiger partial charge in [-0.25, -0.2) is 9.97 Å². The zero-order chi connectivity index (χ0) is 16.4. The lowest BCUT2D eigenvalue weighted by Crippen LogP contribution is -2.14. The summed E-state index contributed by atoms with van der Waals surface area (Å²) in [5, 5.41) is 13.5. The van der Waals surface area contributed by atoms with Gasteiger partial charge in [-0.1, -0.05) is 0 Å². The largest absolute Gasteiger partial charge is 0.433 e. The molecule has 0 saturated carbocycles. The number of fused-ring (bicyclic) bond motifs is 1. The van der Waals surface area contributed by atoms with E-state index in [2.05, 4.69) is 35.6 Å². The molecule has 3 rings (SSSR count). The summed E-state index contributed by atoms with van der Waals surface area (Å²) in [6.45, 7) is 2.23. The Morgan fingerprint density at radius 2 is 2.13 bits per heavy atom. The van der Waals surface area contributed by atoms with Gasteiger partial charge in [-0.15, -0.1) is 0 Å². The normalized spacial score (nSPS) is 12.0. The molecule has 3 heterocycles. The lowest BCUT2D eigenvalue weighted by molar-refractivity contribution is -0.141. The SMILES string of the molecule is Cc1nc(CCCNc2cc(C(F)(F)F)nc3ncnn23)n[nH]1. The van der Waals surface area contributed by atoms with E-state index < -0.39 is 11.9 Å². The van der Waals surface area contributed by atoms with Crippen molar-refractivity contribution in [2.75, 3.05) is 11.9 Å². The zero-order valence-electron chi connectivity index (χ0n) is 12.1. The van der Waals surface area contributed by atoms with E-state index >= 15 is 0 Å². The minimum absolute atomic E-state index is 0.105. The van der Waals surface area contributed by atoms with Gasteiger partial charge in [0.15, 0.2) is 11.5 Å². The number of nitrogens with one attached hydrogen (secondary N) is 2. The maximum Gasteiger partial charge on any atom is 0.433 e. The number of hydrogen-bond acceptors (Lipinski definition) is 6. The molecule has 0 fully saturated rings. The lowest BCUT2D eigenvalue weighted by atomic mass is 10.3. The van der Waals surface area contributed by atoms with Crippen molar-refractivity contribution in [2.45, 2.75) is 25.9 Å². The molecule has 3 aromatic rings. The molecular formula is C12H13F3N8. The molecule has 0 bridgehead atoms. The Hall–Kier alpha value is -2.72. The summed E-state index contributed by atoms with van der Waals surface area (Å²) in [7, 11) is 0. The third kappa shape index (κ3) is 3.38. The molecule has 0 radical (unpaired) electrons. The van der Waals surface area contributed by atoms with Crippen molar-refractivity contribution in [1.29, 1.82) is 0 Å². The number of anilines is 1. The third-order valence-electron chi connectivity index (χ3n) is 3.07. The van der Waals surface area contributed by atoms with Gasteiger partial charge < -0.3 is 5.32 Å². The van der Waals surface area contributed by atoms with Crippen molar-refractivity contribution in [3.63, 3.8) is 0 Å². The summed E-state index contributed by atoms with van der Waals surface area (Å²) in [5.74, 6) is 1.47. The van der Waals surface area contributed by atoms with Crippen LogP contribution in [0.1, 0.15) is 23.8 Å². The van der Waals surface area contributed by atoms with Crippen LogP contribution >= 0.6 is 0 Å². The number of alkyl halides is 3. The highest BCUT2D eigenvalue weighted by atomic mass is 19.4. The predicted molar refractivity (Wildman–Crippen MR) is 73.7 cm³/mol. The molecule has 0 unspecified atom stereocenters. The first-order valence-electron chi connectivity index (χ1n) is 6.83. The van der Waals surface area contributed by atoms with Gasteiger partial charge in [-0.05, 0) is 13.3 Å². The highest BCUT2D eigenvalue weighted by Crippen LogP contribution is 2.29. The molecule has 0 amide bonds. The summed E-state index contributed by atoms with van der Waals surface area (Å²) >= 11 is 0. The minimum Gasteiger partial charge on any atom is -0.370 e. The number of aromatic amines is 1. The van der Waals surface area contributed by atoms with E-state index in [1.807, 2.05) is 0 Å². The first-order chi connectivity index (χ1) is 10.9. The van der Waals surface area contributed by atoms with Crippen LogP contribution < -0.4 is 5.32 Å². The fourth-order valence-electron chi connectivity index (χ4n) is 2.05. The first kappa shape index (κ1) is 15.2. The lowest BCUT2D eigenvalue weighted by Gasteiger charge is -2.11. The van der Waals surface area contributed by atoms with Gasteiger partial charge in [-0.3, -0.25) is 5.10 Å². The van der Waals surface area contributed by atoms with E-state index in [9.17, 15) is 13.2 Å². The van der Waals surface area contributed by atoms with Gasteiger partial charge in [0.25, 0.3) is 5.78 Å². The molecule has 3 aromatic heterocycles. The van der Waals surface area contributed by atoms with Crippen molar-refractivity contribution in [2.24, 2.45) is 0 Å². The van der Waals surface area contributed by atoms with Gasteiger partial charge >= 0.3 is 6.18 Å². The fourth-order valence-corrected chi connectivity index (χ4v) is 2.05. The summed E-state index contributed by atoms with van der Waals surface area (Å²) < 4.78 is 39.8. The molecule has 0 atom stereocenters. The van der Waals surface area contributed by atoms with E-state index in [1.165, 1.54) is 4.52 Å². The van der Waals surface area contributed by atoms with Gasteiger partial charge in [-0.2, -0.15) is 32.9 Å². The smallest absolute Gasteiger partial charge is 0.370 e. The average molecular weight is 326 g/mol. The molecule has 0 aliphatic carbocycles. The molecule has 0 spiro atoms. The standard InChI is InChI=1S/C12H13F3N8/c1-7-19-9(22-21-7)3-2-4-16-10-5-8(12(13,14)15)20-11-17-6-18-23(10)11/h5-6,16H,2-4H2,1H3,(H,19,21,22). The number of aryl methyl sites for hydroxylation is 2. The van der Waals surface area contributed by atoms with E-state index in [0.717, 1.165) is 18.2 Å². The molecule has 0 aromatic carbocycles. The van der Waals surface area contributed by atoms with Crippen LogP contribution in [-0.4, -0.2) is 41.3 Å². The second-order valence-electron chi connectivity index (χ2n) is 4.86. The Kier molecular flexibility index (Phi) is 3.84. The summed E-state index contributed by atoms with van der Waals surface area (Å²) in [6, 6.07) is 0.915. The Balaban J connectivity index is 1.70. The van der Waals surface area contributed by atoms with E-state index in [4.69, 9.17) is 0 Å². The monoisotopic (exact) mass is 326 g/mol. The molecule has 0 aliphatic heterocycles. The van der Waals surface area contributed by atoms with Crippen LogP contribution in [0.15, 0.2) is 12.4 Å². The molecule has 122 valence electrons. The highest BCUT2D eigenvalue weighted by molar-refractivity contribution is 5.45. The number of aromatic nitrogens is 7. The average Bonchev–Trinajstić information content (AvgIpc) is 3.11. The van der Waals surface area contributed by atoms with E-state index in [1.54, 1.807) is 6.92 Å². The second kappa shape index (κ2) is 5.82. The number of H-pyrrole nitrogens is 1. The van der Waals surface area contributed by atoms with Crippen LogP contribution in [0, 0.1) is 6.92 Å². The topological polar surface area (TPSA) is 96.7 Å². The summed E-state index contributed by atoms with van der Waals surface area (Å²) in [5.41, 5.74) is -1.01. The Labute approximate surface area is 128 Å². The Morgan fingerprint density at radius 3 is 2.83 bits per heavy atom. The molecule has 23 heavy (non-hydrogen) atoms. The van der Waals surface area contributed by atoms with Crippen molar-refractivity contribution >= 4 is 11.6 Å². The number of halogens is 3. The van der Waals surface area contributed by atoms with E-state index in [-0.39, 0.29) is 11.6 Å². The fraction of sp³-hybridized carbons (Fsp3) is 0.417. The molecule has 0 aliphatic rings. The van der Waals surface area contributed by atoms with Gasteiger partial charge in [0, 0.05) is 19.0 Å². The molecule has 8 nitrogen and oxygen atoms in total. The Bertz CT molecular complexity index is 806. The number of nitrogens with zero attached hydrogens (tertiary/aromatic N) is 6. The van der Waals surface area contributed by atoms with E-state index in [0.29, 0.717) is 25.2 Å². The zero-order valence-corrected chi connectivity index (χ0v) is 12.1. The second-order valence-corrected chi connectivity index (χ2v) is 4.86. The third-order valence-corrected chi connectivity index (χ3v) is 3.07. The van der Waals surface area contributed by atoms with Crippen LogP contribution in [0.25, 0.3) is 5.78 Å². The van der Waals surface area contributed by atoms with Crippen LogP contribution in [-0.2, 0) is 12.6 Å². The van der Waals surface area contributed by atoms with Gasteiger partial charge in [0.1, 0.15) is 18.0 Å². The minimum atomic E-state index is -4.54. The van der Waals surface area contributed by atoms with Crippen LogP contribution in [0.5, 0.6) is 0 Å². The maximum absolute atomic E-state index is 12.8. The van der Waals surface area contributed by atoms with Crippen molar-refractivity contribution in [3.05, 3.63) is 29.7 Å². The maximum atomic E-state index is 12.8. The highest BCUT2D eigenvalue weighted by Gasteiger charge is 2.34. The predicted octanol–water partition coefficient (Wildman–Crippen LogP) is 1.61. The molecule has 11 heteroatoms. The van der Waals surface area contributed by atoms with Crippen LogP contribution in [0.3, 0.4) is 0 Å². The first-order valence-corrected chi connectivity index (χ1v) is 6.83. The Morgan fingerprint density at radius 1 is 1.30 bits per heavy atom. The number of hydrogen-bond donors (Lipinski definition) is 2. The van der Waals surface area contributed by atoms with Crippen molar-refractivity contribution in [1.82, 2.24) is 34.8 Å². The van der Waals surface area contributed by atoms with Gasteiger partial charge in [0.2, 0.25) is 0 Å². The molecule has 0 saturated heterocycles.